The Bertz CT molecular complexity index is 668. The molecule has 5 heteroatoms. The first-order chi connectivity index (χ1) is 9.65. The summed E-state index contributed by atoms with van der Waals surface area (Å²) in [5, 5.41) is 2.84. The van der Waals surface area contributed by atoms with E-state index in [4.69, 9.17) is 10.5 Å². The van der Waals surface area contributed by atoms with Crippen molar-refractivity contribution in [3.05, 3.63) is 42.0 Å². The van der Waals surface area contributed by atoms with Crippen LogP contribution in [0.4, 0.5) is 11.4 Å². The normalized spacial score (nSPS) is 12.9. The lowest BCUT2D eigenvalue weighted by atomic mass is 10.1. The molecule has 3 rings (SSSR count). The molecule has 0 saturated carbocycles. The third-order valence-electron chi connectivity index (χ3n) is 3.15. The highest BCUT2D eigenvalue weighted by Crippen LogP contribution is 2.37. The van der Waals surface area contributed by atoms with Gasteiger partial charge in [0.05, 0.1) is 13.5 Å². The summed E-state index contributed by atoms with van der Waals surface area (Å²) < 4.78 is 5.13. The van der Waals surface area contributed by atoms with Gasteiger partial charge in [0.1, 0.15) is 5.75 Å². The van der Waals surface area contributed by atoms with Gasteiger partial charge in [0.2, 0.25) is 5.91 Å². The molecule has 0 fully saturated rings. The Morgan fingerprint density at radius 3 is 2.70 bits per heavy atom. The number of benzene rings is 2. The molecule has 0 aromatic heterocycles. The number of carbonyl (C=O) groups excluding carboxylic acids is 1. The zero-order valence-electron chi connectivity index (χ0n) is 11.0. The van der Waals surface area contributed by atoms with Crippen LogP contribution in [-0.2, 0) is 11.2 Å². The number of fused-ring (bicyclic) bond motifs is 1. The summed E-state index contributed by atoms with van der Waals surface area (Å²) in [6.07, 6.45) is 0.410. The number of anilines is 2. The van der Waals surface area contributed by atoms with E-state index in [9.17, 15) is 4.79 Å². The van der Waals surface area contributed by atoms with E-state index in [1.165, 1.54) is 0 Å². The summed E-state index contributed by atoms with van der Waals surface area (Å²) in [5.74, 6) is 0.842. The third-order valence-corrected chi connectivity index (χ3v) is 4.23. The molecule has 0 spiro atoms. The van der Waals surface area contributed by atoms with Crippen LogP contribution in [0.1, 0.15) is 5.56 Å². The van der Waals surface area contributed by atoms with Crippen LogP contribution in [-0.4, -0.2) is 13.0 Å². The Kier molecular flexibility index (Phi) is 3.28. The number of nitrogens with two attached hydrogens (primary N) is 1. The van der Waals surface area contributed by atoms with Gasteiger partial charge in [0.15, 0.2) is 0 Å². The maximum absolute atomic E-state index is 11.4. The second-order valence-electron chi connectivity index (χ2n) is 4.55. The maximum atomic E-state index is 11.4. The van der Waals surface area contributed by atoms with E-state index in [1.807, 2.05) is 36.4 Å². The average molecular weight is 286 g/mol. The minimum atomic E-state index is 0.0194. The topological polar surface area (TPSA) is 64.3 Å². The fraction of sp³-hybridized carbons (Fsp3) is 0.133. The van der Waals surface area contributed by atoms with Crippen LogP contribution in [0.5, 0.6) is 5.75 Å². The Morgan fingerprint density at radius 2 is 2.00 bits per heavy atom. The SMILES string of the molecule is COc1ccc(Sc2cc3c(cc2N)CC(=O)N3)cc1. The Hall–Kier alpha value is -2.14. The van der Waals surface area contributed by atoms with Gasteiger partial charge in [0, 0.05) is 21.2 Å². The van der Waals surface area contributed by atoms with Gasteiger partial charge < -0.3 is 15.8 Å². The van der Waals surface area contributed by atoms with Gasteiger partial charge in [-0.05, 0) is 42.0 Å². The fourth-order valence-corrected chi connectivity index (χ4v) is 3.01. The Morgan fingerprint density at radius 1 is 1.25 bits per heavy atom. The highest BCUT2D eigenvalue weighted by molar-refractivity contribution is 7.99. The highest BCUT2D eigenvalue weighted by Gasteiger charge is 2.19. The molecule has 102 valence electrons. The van der Waals surface area contributed by atoms with Gasteiger partial charge in [-0.1, -0.05) is 11.8 Å². The standard InChI is InChI=1S/C15H14N2O2S/c1-19-10-2-4-11(5-3-10)20-14-8-13-9(6-12(14)16)7-15(18)17-13/h2-6,8H,7,16H2,1H3,(H,17,18). The van der Waals surface area contributed by atoms with Crippen LogP contribution in [0.25, 0.3) is 0 Å². The number of hydrogen-bond donors (Lipinski definition) is 2. The summed E-state index contributed by atoms with van der Waals surface area (Å²) >= 11 is 1.57. The smallest absolute Gasteiger partial charge is 0.228 e. The van der Waals surface area contributed by atoms with E-state index in [0.29, 0.717) is 12.1 Å². The fourth-order valence-electron chi connectivity index (χ4n) is 2.13. The van der Waals surface area contributed by atoms with Gasteiger partial charge >= 0.3 is 0 Å². The second kappa shape index (κ2) is 5.09. The molecule has 20 heavy (non-hydrogen) atoms. The number of amides is 1. The lowest BCUT2D eigenvalue weighted by Gasteiger charge is -2.09. The monoisotopic (exact) mass is 286 g/mol. The minimum Gasteiger partial charge on any atom is -0.497 e. The number of nitrogen functional groups attached to an aromatic ring is 1. The Labute approximate surface area is 121 Å². The van der Waals surface area contributed by atoms with Crippen molar-refractivity contribution in [1.82, 2.24) is 0 Å². The molecule has 0 unspecified atom stereocenters. The van der Waals surface area contributed by atoms with E-state index < -0.39 is 0 Å². The zero-order valence-corrected chi connectivity index (χ0v) is 11.8. The van der Waals surface area contributed by atoms with Gasteiger partial charge in [-0.15, -0.1) is 0 Å². The number of rotatable bonds is 3. The molecule has 1 amide bonds. The van der Waals surface area contributed by atoms with Crippen molar-refractivity contribution in [1.29, 1.82) is 0 Å². The molecule has 0 aliphatic carbocycles. The molecule has 2 aromatic carbocycles. The molecule has 1 aliphatic rings. The number of nitrogens with one attached hydrogen (secondary N) is 1. The minimum absolute atomic E-state index is 0.0194. The summed E-state index contributed by atoms with van der Waals surface area (Å²) in [7, 11) is 1.64. The van der Waals surface area contributed by atoms with Crippen LogP contribution >= 0.6 is 11.8 Å². The second-order valence-corrected chi connectivity index (χ2v) is 5.67. The van der Waals surface area contributed by atoms with Crippen LogP contribution in [0, 0.1) is 0 Å². The molecular weight excluding hydrogens is 272 g/mol. The first kappa shape index (κ1) is 12.9. The van der Waals surface area contributed by atoms with Crippen molar-refractivity contribution in [2.75, 3.05) is 18.2 Å². The number of methoxy groups -OCH3 is 1. The van der Waals surface area contributed by atoms with Crippen molar-refractivity contribution in [2.45, 2.75) is 16.2 Å². The third kappa shape index (κ3) is 2.44. The highest BCUT2D eigenvalue weighted by atomic mass is 32.2. The zero-order chi connectivity index (χ0) is 14.1. The van der Waals surface area contributed by atoms with Gasteiger partial charge in [-0.25, -0.2) is 0 Å². The van der Waals surface area contributed by atoms with Crippen molar-refractivity contribution >= 4 is 29.0 Å². The van der Waals surface area contributed by atoms with Gasteiger partial charge in [-0.3, -0.25) is 4.79 Å². The van der Waals surface area contributed by atoms with E-state index in [2.05, 4.69) is 5.32 Å². The van der Waals surface area contributed by atoms with Crippen molar-refractivity contribution < 1.29 is 9.53 Å². The Balaban J connectivity index is 1.87. The van der Waals surface area contributed by atoms with Crippen LogP contribution in [0.2, 0.25) is 0 Å². The van der Waals surface area contributed by atoms with Gasteiger partial charge in [0.25, 0.3) is 0 Å². The summed E-state index contributed by atoms with van der Waals surface area (Å²) in [4.78, 5) is 13.4. The lowest BCUT2D eigenvalue weighted by Crippen LogP contribution is -2.03. The first-order valence-corrected chi connectivity index (χ1v) is 7.01. The van der Waals surface area contributed by atoms with Crippen molar-refractivity contribution in [3.8, 4) is 5.75 Å². The van der Waals surface area contributed by atoms with Crippen LogP contribution in [0.3, 0.4) is 0 Å². The number of ether oxygens (including phenoxy) is 1. The van der Waals surface area contributed by atoms with Crippen molar-refractivity contribution in [2.24, 2.45) is 0 Å². The molecule has 1 aliphatic heterocycles. The van der Waals surface area contributed by atoms with E-state index in [0.717, 1.165) is 26.8 Å². The summed E-state index contributed by atoms with van der Waals surface area (Å²) in [6, 6.07) is 11.6. The number of carbonyl (C=O) groups is 1. The molecule has 3 N–H and O–H groups in total. The first-order valence-electron chi connectivity index (χ1n) is 6.20. The summed E-state index contributed by atoms with van der Waals surface area (Å²) in [5.41, 5.74) is 8.58. The largest absolute Gasteiger partial charge is 0.497 e. The molecule has 0 radical (unpaired) electrons. The van der Waals surface area contributed by atoms with E-state index >= 15 is 0 Å². The van der Waals surface area contributed by atoms with E-state index in [-0.39, 0.29) is 5.91 Å². The molecule has 2 aromatic rings. The predicted octanol–water partition coefficient (Wildman–Crippen LogP) is 2.92. The maximum Gasteiger partial charge on any atom is 0.228 e. The van der Waals surface area contributed by atoms with Crippen LogP contribution < -0.4 is 15.8 Å². The average Bonchev–Trinajstić information content (AvgIpc) is 2.79. The lowest BCUT2D eigenvalue weighted by molar-refractivity contribution is -0.115. The van der Waals surface area contributed by atoms with Crippen LogP contribution in [0.15, 0.2) is 46.2 Å². The molecule has 0 saturated heterocycles. The molecule has 0 atom stereocenters. The molecule has 1 heterocycles. The molecular formula is C15H14N2O2S. The predicted molar refractivity (Wildman–Crippen MR) is 80.3 cm³/mol. The number of hydrogen-bond acceptors (Lipinski definition) is 4. The van der Waals surface area contributed by atoms with Gasteiger partial charge in [-0.2, -0.15) is 0 Å². The summed E-state index contributed by atoms with van der Waals surface area (Å²) in [6.45, 7) is 0. The molecule has 4 nitrogen and oxygen atoms in total. The van der Waals surface area contributed by atoms with Crippen molar-refractivity contribution in [3.63, 3.8) is 0 Å². The quantitative estimate of drug-likeness (QED) is 0.852. The molecule has 0 bridgehead atoms. The van der Waals surface area contributed by atoms with E-state index in [1.54, 1.807) is 18.9 Å².